The summed E-state index contributed by atoms with van der Waals surface area (Å²) in [6, 6.07) is 18.4. The van der Waals surface area contributed by atoms with Crippen LogP contribution < -0.4 is 0 Å². The number of aromatic nitrogens is 6. The van der Waals surface area contributed by atoms with Crippen LogP contribution in [0.5, 0.6) is 0 Å². The number of nitriles is 1. The van der Waals surface area contributed by atoms with Crippen LogP contribution in [0.4, 0.5) is 0 Å². The van der Waals surface area contributed by atoms with Crippen LogP contribution in [-0.2, 0) is 4.43 Å². The van der Waals surface area contributed by atoms with Gasteiger partial charge in [0.1, 0.15) is 17.7 Å². The number of hydrogen-bond donors (Lipinski definition) is 0. The van der Waals surface area contributed by atoms with Crippen molar-refractivity contribution in [3.8, 4) is 28.6 Å². The van der Waals surface area contributed by atoms with Crippen molar-refractivity contribution in [2.75, 3.05) is 0 Å². The number of carbonyl (C=O) groups is 1. The highest BCUT2D eigenvalue weighted by Crippen LogP contribution is 2.34. The topological polar surface area (TPSA) is 112 Å². The van der Waals surface area contributed by atoms with Crippen LogP contribution in [0.3, 0.4) is 0 Å². The molecule has 2 aliphatic carbocycles. The maximum Gasteiger partial charge on any atom is 0.186 e. The summed E-state index contributed by atoms with van der Waals surface area (Å²) in [5.74, 6) is 0. The Morgan fingerprint density at radius 3 is 1.74 bits per heavy atom. The van der Waals surface area contributed by atoms with Gasteiger partial charge in [-0.15, -0.1) is 0 Å². The van der Waals surface area contributed by atoms with Crippen molar-refractivity contribution in [2.45, 2.75) is 63.5 Å². The number of nitrogens with zero attached hydrogens (tertiary/aromatic N) is 7. The van der Waals surface area contributed by atoms with Gasteiger partial charge < -0.3 is 4.43 Å². The maximum atomic E-state index is 10.5. The molecular weight excluding hydrogens is 494 g/mol. The van der Waals surface area contributed by atoms with Crippen LogP contribution in [0.15, 0.2) is 60.9 Å². The van der Waals surface area contributed by atoms with Crippen molar-refractivity contribution in [2.24, 2.45) is 0 Å². The highest BCUT2D eigenvalue weighted by Gasteiger charge is 2.27. The lowest BCUT2D eigenvalue weighted by Gasteiger charge is -2.21. The lowest BCUT2D eigenvalue weighted by Crippen LogP contribution is -2.27. The third-order valence-electron chi connectivity index (χ3n) is 6.20. The molecule has 0 bridgehead atoms. The van der Waals surface area contributed by atoms with E-state index in [1.807, 2.05) is 36.4 Å². The second kappa shape index (κ2) is 10.8. The fourth-order valence-corrected chi connectivity index (χ4v) is 4.76. The van der Waals surface area contributed by atoms with Gasteiger partial charge in [0.05, 0.1) is 30.5 Å². The van der Waals surface area contributed by atoms with E-state index in [1.54, 1.807) is 34.1 Å². The minimum absolute atomic E-state index is 0.487. The summed E-state index contributed by atoms with van der Waals surface area (Å²) in [7, 11) is -1.75. The predicted molar refractivity (Wildman–Crippen MR) is 146 cm³/mol. The van der Waals surface area contributed by atoms with Crippen molar-refractivity contribution in [3.63, 3.8) is 0 Å². The lowest BCUT2D eigenvalue weighted by molar-refractivity contribution is 0.112. The lowest BCUT2D eigenvalue weighted by atomic mass is 10.1. The van der Waals surface area contributed by atoms with Crippen LogP contribution >= 0.6 is 0 Å². The zero-order chi connectivity index (χ0) is 26.7. The van der Waals surface area contributed by atoms with E-state index < -0.39 is 14.4 Å². The number of carbonyl (C=O) groups excluding carboxylic acids is 1. The molecule has 2 heterocycles. The minimum Gasteiger partial charge on any atom is -0.399 e. The average Bonchev–Trinajstić information content (AvgIpc) is 3.86. The number of rotatable bonds is 8. The normalized spacial score (nSPS) is 15.7. The summed E-state index contributed by atoms with van der Waals surface area (Å²) in [6.07, 6.45) is 8.61. The van der Waals surface area contributed by atoms with Gasteiger partial charge in [0.2, 0.25) is 0 Å². The highest BCUT2D eigenvalue weighted by molar-refractivity contribution is 6.69. The Morgan fingerprint density at radius 1 is 0.868 bits per heavy atom. The van der Waals surface area contributed by atoms with Gasteiger partial charge in [-0.05, 0) is 50.9 Å². The van der Waals surface area contributed by atoms with Crippen molar-refractivity contribution in [1.82, 2.24) is 30.0 Å². The van der Waals surface area contributed by atoms with Gasteiger partial charge in [-0.1, -0.05) is 48.5 Å². The first-order chi connectivity index (χ1) is 18.3. The van der Waals surface area contributed by atoms with E-state index in [2.05, 4.69) is 46.1 Å². The Balaban J connectivity index is 0.000000162. The van der Waals surface area contributed by atoms with Gasteiger partial charge >= 0.3 is 0 Å². The standard InChI is InChI=1S/C16H20N4OSi.C12H11N3O/c1-22(2,3)21-16(10-17)13-6-4-12(5-7-13)15-11-18-20(19-15)14-8-9-14;16-8-9-1-3-10(4-2-9)12-7-13-15(14-12)11-5-6-11/h4-7,11,14,16H,8-9H2,1-3H3;1-4,7-8,11H,5-6H2. The fourth-order valence-electron chi connectivity index (χ4n) is 3.86. The Labute approximate surface area is 223 Å². The maximum absolute atomic E-state index is 10.5. The molecular formula is C28H31N7O2Si. The SMILES string of the molecule is C[Si](C)(C)OC(C#N)c1ccc(-c2cnn(C3CC3)n2)cc1.O=Cc1ccc(-c2cnn(C3CC3)n2)cc1. The van der Waals surface area contributed by atoms with Crippen molar-refractivity contribution in [3.05, 3.63) is 72.1 Å². The first-order valence-electron chi connectivity index (χ1n) is 12.9. The minimum atomic E-state index is -1.75. The molecule has 0 saturated heterocycles. The molecule has 10 heteroatoms. The summed E-state index contributed by atoms with van der Waals surface area (Å²) in [4.78, 5) is 14.1. The van der Waals surface area contributed by atoms with E-state index in [0.717, 1.165) is 34.4 Å². The zero-order valence-corrected chi connectivity index (χ0v) is 22.9. The highest BCUT2D eigenvalue weighted by atomic mass is 28.4. The molecule has 0 amide bonds. The van der Waals surface area contributed by atoms with E-state index in [9.17, 15) is 10.1 Å². The van der Waals surface area contributed by atoms with E-state index >= 15 is 0 Å². The van der Waals surface area contributed by atoms with Crippen molar-refractivity contribution < 1.29 is 9.22 Å². The van der Waals surface area contributed by atoms with E-state index in [-0.39, 0.29) is 0 Å². The summed E-state index contributed by atoms with van der Waals surface area (Å²) in [5, 5.41) is 26.8. The van der Waals surface area contributed by atoms with Crippen molar-refractivity contribution >= 4 is 14.6 Å². The molecule has 2 fully saturated rings. The molecule has 1 unspecified atom stereocenters. The molecule has 4 aromatic rings. The van der Waals surface area contributed by atoms with Gasteiger partial charge in [-0.3, -0.25) is 4.79 Å². The third kappa shape index (κ3) is 6.48. The summed E-state index contributed by atoms with van der Waals surface area (Å²) < 4.78 is 5.91. The molecule has 0 N–H and O–H groups in total. The van der Waals surface area contributed by atoms with Gasteiger partial charge in [-0.2, -0.15) is 35.2 Å². The van der Waals surface area contributed by atoms with Crippen LogP contribution in [0.2, 0.25) is 19.6 Å². The Morgan fingerprint density at radius 2 is 1.34 bits per heavy atom. The molecule has 2 aliphatic rings. The predicted octanol–water partition coefficient (Wildman–Crippen LogP) is 5.79. The molecule has 194 valence electrons. The van der Waals surface area contributed by atoms with E-state index in [1.165, 1.54) is 25.7 Å². The molecule has 2 aromatic heterocycles. The molecule has 2 saturated carbocycles. The largest absolute Gasteiger partial charge is 0.399 e. The second-order valence-corrected chi connectivity index (χ2v) is 15.1. The summed E-state index contributed by atoms with van der Waals surface area (Å²) in [5.41, 5.74) is 5.32. The molecule has 38 heavy (non-hydrogen) atoms. The molecule has 0 aliphatic heterocycles. The quantitative estimate of drug-likeness (QED) is 0.211. The Kier molecular flexibility index (Phi) is 7.31. The van der Waals surface area contributed by atoms with Crippen LogP contribution in [-0.4, -0.2) is 44.6 Å². The van der Waals surface area contributed by atoms with Crippen LogP contribution in [0, 0.1) is 11.3 Å². The number of benzene rings is 2. The number of aldehydes is 1. The molecule has 6 rings (SSSR count). The van der Waals surface area contributed by atoms with Gasteiger partial charge in [0, 0.05) is 16.7 Å². The van der Waals surface area contributed by atoms with Crippen molar-refractivity contribution in [1.29, 1.82) is 5.26 Å². The second-order valence-electron chi connectivity index (χ2n) is 10.7. The third-order valence-corrected chi connectivity index (χ3v) is 7.15. The first kappa shape index (κ1) is 25.7. The molecule has 1 atom stereocenters. The van der Waals surface area contributed by atoms with Crippen LogP contribution in [0.1, 0.15) is 59.8 Å². The molecule has 2 aromatic carbocycles. The van der Waals surface area contributed by atoms with Gasteiger partial charge in [0.15, 0.2) is 14.4 Å². The van der Waals surface area contributed by atoms with Crippen LogP contribution in [0.25, 0.3) is 22.5 Å². The van der Waals surface area contributed by atoms with Gasteiger partial charge in [-0.25, -0.2) is 0 Å². The average molecular weight is 526 g/mol. The van der Waals surface area contributed by atoms with E-state index in [0.29, 0.717) is 17.6 Å². The molecule has 0 spiro atoms. The molecule has 0 radical (unpaired) electrons. The monoisotopic (exact) mass is 525 g/mol. The number of hydrogen-bond acceptors (Lipinski definition) is 7. The molecule has 9 nitrogen and oxygen atoms in total. The fraction of sp³-hybridized carbons (Fsp3) is 0.357. The summed E-state index contributed by atoms with van der Waals surface area (Å²) in [6.45, 7) is 6.26. The smallest absolute Gasteiger partial charge is 0.186 e. The first-order valence-corrected chi connectivity index (χ1v) is 16.3. The summed E-state index contributed by atoms with van der Waals surface area (Å²) >= 11 is 0. The Hall–Kier alpha value is -3.94. The zero-order valence-electron chi connectivity index (χ0n) is 21.9. The van der Waals surface area contributed by atoms with Gasteiger partial charge in [0.25, 0.3) is 0 Å². The Bertz CT molecular complexity index is 1420. The van der Waals surface area contributed by atoms with E-state index in [4.69, 9.17) is 4.43 Å².